The molecule has 0 radical (unpaired) electrons. The van der Waals surface area contributed by atoms with E-state index in [4.69, 9.17) is 0 Å². The summed E-state index contributed by atoms with van der Waals surface area (Å²) in [4.78, 5) is 12.1. The number of carbonyl (C=O) groups is 1. The summed E-state index contributed by atoms with van der Waals surface area (Å²) in [6, 6.07) is 1.21. The summed E-state index contributed by atoms with van der Waals surface area (Å²) in [6.07, 6.45) is 1.47. The maximum atomic E-state index is 13.5. The maximum absolute atomic E-state index is 13.5. The second kappa shape index (κ2) is 5.21. The Morgan fingerprint density at radius 1 is 1.37 bits per heavy atom. The van der Waals surface area contributed by atoms with Gasteiger partial charge in [-0.3, -0.25) is 4.79 Å². The van der Waals surface area contributed by atoms with Crippen LogP contribution in [0.5, 0.6) is 0 Å². The van der Waals surface area contributed by atoms with Crippen molar-refractivity contribution in [2.75, 3.05) is 18.4 Å². The van der Waals surface area contributed by atoms with Gasteiger partial charge in [0.2, 0.25) is 5.91 Å². The highest BCUT2D eigenvalue weighted by Gasteiger charge is 2.35. The molecule has 104 valence electrons. The standard InChI is InChI=1S/C13H15F3N2O/c1-13(3-2-4-17-7-13)12(19)18-10-6-8(14)5-9(15)11(10)16/h5-6,17H,2-4,7H2,1H3,(H,18,19). The number of piperidine rings is 1. The minimum Gasteiger partial charge on any atom is -0.323 e. The number of halogens is 3. The lowest BCUT2D eigenvalue weighted by Gasteiger charge is -2.32. The lowest BCUT2D eigenvalue weighted by atomic mass is 9.82. The molecule has 0 aromatic heterocycles. The molecule has 2 rings (SSSR count). The van der Waals surface area contributed by atoms with Crippen molar-refractivity contribution in [3.63, 3.8) is 0 Å². The van der Waals surface area contributed by atoms with Gasteiger partial charge in [0.1, 0.15) is 5.82 Å². The van der Waals surface area contributed by atoms with Crippen molar-refractivity contribution < 1.29 is 18.0 Å². The van der Waals surface area contributed by atoms with Crippen LogP contribution in [0, 0.1) is 22.9 Å². The van der Waals surface area contributed by atoms with Gasteiger partial charge in [0.05, 0.1) is 11.1 Å². The van der Waals surface area contributed by atoms with E-state index in [9.17, 15) is 18.0 Å². The van der Waals surface area contributed by atoms with Crippen LogP contribution in [-0.2, 0) is 4.79 Å². The van der Waals surface area contributed by atoms with Crippen molar-refractivity contribution in [3.8, 4) is 0 Å². The zero-order valence-electron chi connectivity index (χ0n) is 10.5. The van der Waals surface area contributed by atoms with Gasteiger partial charge in [-0.25, -0.2) is 13.2 Å². The lowest BCUT2D eigenvalue weighted by Crippen LogP contribution is -2.46. The fourth-order valence-electron chi connectivity index (χ4n) is 2.17. The molecule has 19 heavy (non-hydrogen) atoms. The zero-order valence-corrected chi connectivity index (χ0v) is 10.5. The third kappa shape index (κ3) is 2.89. The molecule has 0 aliphatic carbocycles. The first-order valence-corrected chi connectivity index (χ1v) is 6.09. The molecule has 1 aliphatic rings. The predicted octanol–water partition coefficient (Wildman–Crippen LogP) is 2.43. The second-order valence-corrected chi connectivity index (χ2v) is 5.04. The van der Waals surface area contributed by atoms with E-state index in [0.29, 0.717) is 19.0 Å². The van der Waals surface area contributed by atoms with E-state index in [0.717, 1.165) is 19.0 Å². The molecule has 1 fully saturated rings. The molecule has 1 amide bonds. The number of hydrogen-bond acceptors (Lipinski definition) is 2. The normalized spacial score (nSPS) is 23.2. The van der Waals surface area contributed by atoms with Crippen molar-refractivity contribution in [3.05, 3.63) is 29.6 Å². The van der Waals surface area contributed by atoms with Crippen molar-refractivity contribution in [1.29, 1.82) is 0 Å². The predicted molar refractivity (Wildman–Crippen MR) is 65.2 cm³/mol. The summed E-state index contributed by atoms with van der Waals surface area (Å²) in [5.41, 5.74) is -1.16. The van der Waals surface area contributed by atoms with E-state index in [2.05, 4.69) is 10.6 Å². The Balaban J connectivity index is 2.19. The number of carbonyl (C=O) groups excluding carboxylic acids is 1. The molecular weight excluding hydrogens is 257 g/mol. The number of benzene rings is 1. The zero-order chi connectivity index (χ0) is 14.0. The van der Waals surface area contributed by atoms with Gasteiger partial charge in [0.15, 0.2) is 11.6 Å². The average Bonchev–Trinajstić information content (AvgIpc) is 2.36. The Hall–Kier alpha value is -1.56. The highest BCUT2D eigenvalue weighted by Crippen LogP contribution is 2.28. The smallest absolute Gasteiger partial charge is 0.231 e. The van der Waals surface area contributed by atoms with E-state index in [1.165, 1.54) is 0 Å². The first-order valence-electron chi connectivity index (χ1n) is 6.09. The molecule has 1 atom stereocenters. The van der Waals surface area contributed by atoms with Crippen LogP contribution < -0.4 is 10.6 Å². The summed E-state index contributed by atoms with van der Waals surface area (Å²) < 4.78 is 39.5. The summed E-state index contributed by atoms with van der Waals surface area (Å²) in [6.45, 7) is 3.02. The number of amides is 1. The van der Waals surface area contributed by atoms with Gasteiger partial charge in [-0.2, -0.15) is 0 Å². The Labute approximate surface area is 109 Å². The number of hydrogen-bond donors (Lipinski definition) is 2. The van der Waals surface area contributed by atoms with Gasteiger partial charge in [-0.1, -0.05) is 0 Å². The van der Waals surface area contributed by atoms with Crippen LogP contribution in [-0.4, -0.2) is 19.0 Å². The van der Waals surface area contributed by atoms with Crippen molar-refractivity contribution in [2.24, 2.45) is 5.41 Å². The molecular formula is C13H15F3N2O. The molecule has 1 saturated heterocycles. The largest absolute Gasteiger partial charge is 0.323 e. The van der Waals surface area contributed by atoms with Crippen LogP contribution >= 0.6 is 0 Å². The molecule has 1 aliphatic heterocycles. The van der Waals surface area contributed by atoms with E-state index in [1.54, 1.807) is 6.92 Å². The molecule has 1 aromatic carbocycles. The van der Waals surface area contributed by atoms with Crippen LogP contribution in [0.1, 0.15) is 19.8 Å². The molecule has 0 spiro atoms. The minimum atomic E-state index is -1.32. The third-order valence-electron chi connectivity index (χ3n) is 3.39. The Kier molecular flexibility index (Phi) is 3.80. The Bertz CT molecular complexity index is 499. The van der Waals surface area contributed by atoms with Crippen LogP contribution in [0.3, 0.4) is 0 Å². The van der Waals surface area contributed by atoms with E-state index >= 15 is 0 Å². The molecule has 6 heteroatoms. The molecule has 1 heterocycles. The van der Waals surface area contributed by atoms with Gasteiger partial charge >= 0.3 is 0 Å². The highest BCUT2D eigenvalue weighted by molar-refractivity contribution is 5.95. The fraction of sp³-hybridized carbons (Fsp3) is 0.462. The maximum Gasteiger partial charge on any atom is 0.231 e. The van der Waals surface area contributed by atoms with Crippen LogP contribution in [0.25, 0.3) is 0 Å². The van der Waals surface area contributed by atoms with E-state index in [-0.39, 0.29) is 0 Å². The van der Waals surface area contributed by atoms with Crippen LogP contribution in [0.2, 0.25) is 0 Å². The van der Waals surface area contributed by atoms with E-state index < -0.39 is 34.5 Å². The quantitative estimate of drug-likeness (QED) is 0.812. The van der Waals surface area contributed by atoms with Gasteiger partial charge in [-0.15, -0.1) is 0 Å². The number of rotatable bonds is 2. The number of nitrogens with one attached hydrogen (secondary N) is 2. The minimum absolute atomic E-state index is 0.439. The van der Waals surface area contributed by atoms with Gasteiger partial charge in [-0.05, 0) is 26.3 Å². The third-order valence-corrected chi connectivity index (χ3v) is 3.39. The van der Waals surface area contributed by atoms with Gasteiger partial charge in [0, 0.05) is 18.7 Å². The molecule has 1 aromatic rings. The lowest BCUT2D eigenvalue weighted by molar-refractivity contribution is -0.125. The molecule has 2 N–H and O–H groups in total. The molecule has 0 saturated carbocycles. The van der Waals surface area contributed by atoms with Crippen molar-refractivity contribution in [1.82, 2.24) is 5.32 Å². The van der Waals surface area contributed by atoms with Crippen LogP contribution in [0.15, 0.2) is 12.1 Å². The summed E-state index contributed by atoms with van der Waals surface area (Å²) in [5.74, 6) is -3.94. The topological polar surface area (TPSA) is 41.1 Å². The van der Waals surface area contributed by atoms with Gasteiger partial charge < -0.3 is 10.6 Å². The molecule has 3 nitrogen and oxygen atoms in total. The summed E-state index contributed by atoms with van der Waals surface area (Å²) in [7, 11) is 0. The Morgan fingerprint density at radius 2 is 2.11 bits per heavy atom. The van der Waals surface area contributed by atoms with Crippen molar-refractivity contribution in [2.45, 2.75) is 19.8 Å². The summed E-state index contributed by atoms with van der Waals surface area (Å²) >= 11 is 0. The SMILES string of the molecule is CC1(C(=O)Nc2cc(F)cc(F)c2F)CCCNC1. The number of anilines is 1. The fourth-order valence-corrected chi connectivity index (χ4v) is 2.17. The van der Waals surface area contributed by atoms with E-state index in [1.807, 2.05) is 0 Å². The van der Waals surface area contributed by atoms with Gasteiger partial charge in [0.25, 0.3) is 0 Å². The highest BCUT2D eigenvalue weighted by atomic mass is 19.2. The molecule has 1 unspecified atom stereocenters. The first kappa shape index (κ1) is 13.9. The second-order valence-electron chi connectivity index (χ2n) is 5.04. The van der Waals surface area contributed by atoms with Crippen LogP contribution in [0.4, 0.5) is 18.9 Å². The first-order chi connectivity index (χ1) is 8.92. The summed E-state index contributed by atoms with van der Waals surface area (Å²) in [5, 5.41) is 5.34. The monoisotopic (exact) mass is 272 g/mol. The molecule has 0 bridgehead atoms. The van der Waals surface area contributed by atoms with Crippen molar-refractivity contribution >= 4 is 11.6 Å². The average molecular weight is 272 g/mol. The Morgan fingerprint density at radius 3 is 2.74 bits per heavy atom.